The van der Waals surface area contributed by atoms with Crippen LogP contribution in [0.15, 0.2) is 0 Å². The molecule has 7 heteroatoms. The van der Waals surface area contributed by atoms with Gasteiger partial charge in [-0.25, -0.2) is 12.7 Å². The highest BCUT2D eigenvalue weighted by Gasteiger charge is 2.39. The van der Waals surface area contributed by atoms with E-state index in [0.29, 0.717) is 12.5 Å². The summed E-state index contributed by atoms with van der Waals surface area (Å²) in [4.78, 5) is 14.2. The van der Waals surface area contributed by atoms with E-state index in [2.05, 4.69) is 10.2 Å². The molecule has 126 valence electrons. The van der Waals surface area contributed by atoms with Crippen LogP contribution in [0.4, 0.5) is 0 Å². The number of likely N-dealkylation sites (tertiary alicyclic amines) is 1. The number of piperidine rings is 2. The van der Waals surface area contributed by atoms with Gasteiger partial charge in [-0.15, -0.1) is 0 Å². The van der Waals surface area contributed by atoms with E-state index >= 15 is 0 Å². The zero-order chi connectivity index (χ0) is 15.7. The third-order valence-corrected chi connectivity index (χ3v) is 7.57. The molecule has 6 nitrogen and oxygen atoms in total. The summed E-state index contributed by atoms with van der Waals surface area (Å²) >= 11 is 0. The van der Waals surface area contributed by atoms with Crippen molar-refractivity contribution >= 4 is 15.9 Å². The number of nitrogens with one attached hydrogen (secondary N) is 1. The van der Waals surface area contributed by atoms with Gasteiger partial charge in [-0.2, -0.15) is 0 Å². The fourth-order valence-electron chi connectivity index (χ4n) is 3.64. The van der Waals surface area contributed by atoms with Crippen molar-refractivity contribution in [2.24, 2.45) is 5.92 Å². The molecule has 1 N–H and O–H groups in total. The van der Waals surface area contributed by atoms with Gasteiger partial charge in [0.1, 0.15) is 0 Å². The number of carbonyl (C=O) groups excluding carboxylic acids is 1. The molecule has 0 aromatic carbocycles. The van der Waals surface area contributed by atoms with E-state index in [1.807, 2.05) is 0 Å². The van der Waals surface area contributed by atoms with Gasteiger partial charge in [-0.3, -0.25) is 9.69 Å². The van der Waals surface area contributed by atoms with Gasteiger partial charge in [0.25, 0.3) is 0 Å². The first-order valence-electron chi connectivity index (χ1n) is 8.45. The molecular formula is C15H27N3O3S. The zero-order valence-corrected chi connectivity index (χ0v) is 14.1. The van der Waals surface area contributed by atoms with Crippen LogP contribution in [0.2, 0.25) is 0 Å². The molecule has 1 saturated carbocycles. The topological polar surface area (TPSA) is 69.7 Å². The maximum Gasteiger partial charge on any atom is 0.237 e. The van der Waals surface area contributed by atoms with Crippen molar-refractivity contribution in [1.29, 1.82) is 0 Å². The van der Waals surface area contributed by atoms with E-state index in [4.69, 9.17) is 0 Å². The van der Waals surface area contributed by atoms with Crippen molar-refractivity contribution in [3.63, 3.8) is 0 Å². The Morgan fingerprint density at radius 1 is 1.18 bits per heavy atom. The van der Waals surface area contributed by atoms with Crippen LogP contribution in [0.3, 0.4) is 0 Å². The number of rotatable bonds is 5. The Hall–Kier alpha value is -0.660. The number of carbonyl (C=O) groups is 1. The van der Waals surface area contributed by atoms with Crippen LogP contribution in [0.25, 0.3) is 0 Å². The summed E-state index contributed by atoms with van der Waals surface area (Å²) in [6, 6.07) is 0.0302. The number of amides is 1. The molecular weight excluding hydrogens is 302 g/mol. The zero-order valence-electron chi connectivity index (χ0n) is 13.3. The molecule has 22 heavy (non-hydrogen) atoms. The smallest absolute Gasteiger partial charge is 0.237 e. The fraction of sp³-hybridized carbons (Fsp3) is 0.933. The van der Waals surface area contributed by atoms with Crippen molar-refractivity contribution in [3.8, 4) is 0 Å². The van der Waals surface area contributed by atoms with Gasteiger partial charge in [-0.1, -0.05) is 0 Å². The van der Waals surface area contributed by atoms with Gasteiger partial charge in [0.05, 0.1) is 11.3 Å². The van der Waals surface area contributed by atoms with E-state index < -0.39 is 10.0 Å². The Labute approximate surface area is 133 Å². The highest BCUT2D eigenvalue weighted by molar-refractivity contribution is 7.90. The summed E-state index contributed by atoms with van der Waals surface area (Å²) in [6.07, 6.45) is 5.61. The molecule has 0 radical (unpaired) electrons. The molecule has 3 fully saturated rings. The standard InChI is InChI=1S/C15H27N3O3S/c1-17(22(20,21)13-4-5-13)11-12-6-9-18(10-7-12)14-3-2-8-16-15(14)19/h12-14H,2-11H2,1H3,(H,16,19). The van der Waals surface area contributed by atoms with Gasteiger partial charge >= 0.3 is 0 Å². The minimum Gasteiger partial charge on any atom is -0.355 e. The molecule has 0 bridgehead atoms. The molecule has 1 unspecified atom stereocenters. The average Bonchev–Trinajstić information content (AvgIpc) is 3.34. The molecule has 0 aromatic rings. The van der Waals surface area contributed by atoms with Crippen molar-refractivity contribution in [2.75, 3.05) is 33.2 Å². The molecule has 2 aliphatic heterocycles. The molecule has 1 amide bonds. The maximum atomic E-state index is 12.2. The van der Waals surface area contributed by atoms with Gasteiger partial charge in [0.2, 0.25) is 15.9 Å². The summed E-state index contributed by atoms with van der Waals surface area (Å²) in [6.45, 7) is 3.24. The molecule has 3 aliphatic rings. The van der Waals surface area contributed by atoms with E-state index in [9.17, 15) is 13.2 Å². The molecule has 3 rings (SSSR count). The monoisotopic (exact) mass is 329 g/mol. The molecule has 2 heterocycles. The largest absolute Gasteiger partial charge is 0.355 e. The molecule has 1 aliphatic carbocycles. The van der Waals surface area contributed by atoms with Gasteiger partial charge in [-0.05, 0) is 57.5 Å². The summed E-state index contributed by atoms with van der Waals surface area (Å²) in [7, 11) is -1.34. The molecule has 0 aromatic heterocycles. The van der Waals surface area contributed by atoms with Crippen molar-refractivity contribution < 1.29 is 13.2 Å². The Bertz CT molecular complexity index is 510. The van der Waals surface area contributed by atoms with Crippen LogP contribution in [0.1, 0.15) is 38.5 Å². The maximum absolute atomic E-state index is 12.2. The van der Waals surface area contributed by atoms with Gasteiger partial charge in [0.15, 0.2) is 0 Å². The minimum atomic E-state index is -3.05. The Morgan fingerprint density at radius 2 is 1.86 bits per heavy atom. The lowest BCUT2D eigenvalue weighted by Gasteiger charge is -2.39. The first-order chi connectivity index (χ1) is 10.5. The second-order valence-corrected chi connectivity index (χ2v) is 9.27. The highest BCUT2D eigenvalue weighted by atomic mass is 32.2. The van der Waals surface area contributed by atoms with Crippen LogP contribution in [0, 0.1) is 5.92 Å². The van der Waals surface area contributed by atoms with Crippen LogP contribution >= 0.6 is 0 Å². The third-order valence-electron chi connectivity index (χ3n) is 5.24. The summed E-state index contributed by atoms with van der Waals surface area (Å²) in [5.41, 5.74) is 0. The lowest BCUT2D eigenvalue weighted by Crippen LogP contribution is -2.53. The predicted molar refractivity (Wildman–Crippen MR) is 84.9 cm³/mol. The Balaban J connectivity index is 1.48. The lowest BCUT2D eigenvalue weighted by molar-refractivity contribution is -0.128. The number of hydrogen-bond donors (Lipinski definition) is 1. The number of sulfonamides is 1. The van der Waals surface area contributed by atoms with Crippen molar-refractivity contribution in [1.82, 2.24) is 14.5 Å². The molecule has 0 spiro atoms. The van der Waals surface area contributed by atoms with E-state index in [1.54, 1.807) is 11.4 Å². The Kier molecular flexibility index (Phi) is 4.75. The molecule has 2 saturated heterocycles. The highest BCUT2D eigenvalue weighted by Crippen LogP contribution is 2.31. The van der Waals surface area contributed by atoms with Crippen LogP contribution in [0.5, 0.6) is 0 Å². The third kappa shape index (κ3) is 3.46. The first-order valence-corrected chi connectivity index (χ1v) is 9.95. The average molecular weight is 329 g/mol. The van der Waals surface area contributed by atoms with E-state index in [-0.39, 0.29) is 17.2 Å². The van der Waals surface area contributed by atoms with Gasteiger partial charge < -0.3 is 5.32 Å². The van der Waals surface area contributed by atoms with E-state index in [1.165, 1.54) is 0 Å². The lowest BCUT2D eigenvalue weighted by atomic mass is 9.94. The van der Waals surface area contributed by atoms with Crippen molar-refractivity contribution in [2.45, 2.75) is 49.8 Å². The SMILES string of the molecule is CN(CC1CCN(C2CCCNC2=O)CC1)S(=O)(=O)C1CC1. The van der Waals surface area contributed by atoms with Crippen molar-refractivity contribution in [3.05, 3.63) is 0 Å². The normalized spacial score (nSPS) is 28.8. The predicted octanol–water partition coefficient (Wildman–Crippen LogP) is 0.401. The quantitative estimate of drug-likeness (QED) is 0.793. The summed E-state index contributed by atoms with van der Waals surface area (Å²) in [5, 5.41) is 2.82. The van der Waals surface area contributed by atoms with Gasteiger partial charge in [0, 0.05) is 20.1 Å². The number of nitrogens with zero attached hydrogens (tertiary/aromatic N) is 2. The summed E-state index contributed by atoms with van der Waals surface area (Å²) in [5.74, 6) is 0.583. The molecule has 1 atom stereocenters. The fourth-order valence-corrected chi connectivity index (χ4v) is 5.30. The first kappa shape index (κ1) is 16.2. The second-order valence-electron chi connectivity index (χ2n) is 6.95. The minimum absolute atomic E-state index is 0.0302. The van der Waals surface area contributed by atoms with Crippen LogP contribution in [-0.2, 0) is 14.8 Å². The van der Waals surface area contributed by atoms with Crippen LogP contribution < -0.4 is 5.32 Å². The Morgan fingerprint density at radius 3 is 2.45 bits per heavy atom. The van der Waals surface area contributed by atoms with E-state index in [0.717, 1.165) is 58.2 Å². The van der Waals surface area contributed by atoms with Crippen LogP contribution in [-0.4, -0.2) is 68.0 Å². The number of hydrogen-bond acceptors (Lipinski definition) is 4. The second kappa shape index (κ2) is 6.45. The summed E-state index contributed by atoms with van der Waals surface area (Å²) < 4.78 is 25.9.